The molecule has 0 saturated heterocycles. The lowest BCUT2D eigenvalue weighted by atomic mass is 10.0. The Morgan fingerprint density at radius 1 is 1.09 bits per heavy atom. The number of para-hydroxylation sites is 1. The van der Waals surface area contributed by atoms with E-state index in [0.29, 0.717) is 12.0 Å². The van der Waals surface area contributed by atoms with E-state index < -0.39 is 6.10 Å². The molecule has 1 unspecified atom stereocenters. The fourth-order valence-corrected chi connectivity index (χ4v) is 3.05. The summed E-state index contributed by atoms with van der Waals surface area (Å²) in [6, 6.07) is 8.30. The molecule has 1 saturated carbocycles. The molecule has 0 bridgehead atoms. The number of hydrogen-bond acceptors (Lipinski definition) is 2. The smallest absolute Gasteiger partial charge is 0.260 e. The number of carbonyl (C=O) groups excluding carboxylic acids is 1. The van der Waals surface area contributed by atoms with Gasteiger partial charge in [0.1, 0.15) is 5.75 Å². The Labute approximate surface area is 134 Å². The lowest BCUT2D eigenvalue weighted by Gasteiger charge is -2.22. The summed E-state index contributed by atoms with van der Waals surface area (Å²) in [5.74, 6) is 1.21. The highest BCUT2D eigenvalue weighted by Gasteiger charge is 2.21. The SMILES string of the molecule is CC(Oc1ccccc1C(C)C)C(=O)NC1CCCCCC1. The summed E-state index contributed by atoms with van der Waals surface area (Å²) in [5.41, 5.74) is 1.15. The van der Waals surface area contributed by atoms with Gasteiger partial charge >= 0.3 is 0 Å². The van der Waals surface area contributed by atoms with Crippen molar-refractivity contribution in [3.05, 3.63) is 29.8 Å². The van der Waals surface area contributed by atoms with E-state index in [1.54, 1.807) is 0 Å². The first kappa shape index (κ1) is 16.9. The number of nitrogens with one attached hydrogen (secondary N) is 1. The van der Waals surface area contributed by atoms with Crippen molar-refractivity contribution in [2.75, 3.05) is 0 Å². The zero-order chi connectivity index (χ0) is 15.9. The lowest BCUT2D eigenvalue weighted by Crippen LogP contribution is -2.42. The maximum Gasteiger partial charge on any atom is 0.260 e. The first-order chi connectivity index (χ1) is 10.6. The van der Waals surface area contributed by atoms with E-state index in [2.05, 4.69) is 25.2 Å². The molecule has 1 N–H and O–H groups in total. The molecule has 1 fully saturated rings. The van der Waals surface area contributed by atoms with Crippen LogP contribution < -0.4 is 10.1 Å². The van der Waals surface area contributed by atoms with Gasteiger partial charge in [0.15, 0.2) is 6.10 Å². The first-order valence-corrected chi connectivity index (χ1v) is 8.64. The van der Waals surface area contributed by atoms with E-state index in [0.717, 1.165) is 24.2 Å². The minimum atomic E-state index is -0.455. The summed E-state index contributed by atoms with van der Waals surface area (Å²) < 4.78 is 5.93. The van der Waals surface area contributed by atoms with Crippen LogP contribution in [0, 0.1) is 0 Å². The van der Waals surface area contributed by atoms with Gasteiger partial charge in [-0.25, -0.2) is 0 Å². The van der Waals surface area contributed by atoms with Crippen molar-refractivity contribution >= 4 is 5.91 Å². The van der Waals surface area contributed by atoms with E-state index in [1.165, 1.54) is 25.7 Å². The number of benzene rings is 1. The second-order valence-corrected chi connectivity index (χ2v) is 6.65. The van der Waals surface area contributed by atoms with Crippen LogP contribution in [0.25, 0.3) is 0 Å². The van der Waals surface area contributed by atoms with Crippen molar-refractivity contribution in [1.82, 2.24) is 5.32 Å². The standard InChI is InChI=1S/C19H29NO2/c1-14(2)17-12-8-9-13-18(17)22-15(3)19(21)20-16-10-6-4-5-7-11-16/h8-9,12-16H,4-7,10-11H2,1-3H3,(H,20,21). The van der Waals surface area contributed by atoms with Gasteiger partial charge in [-0.05, 0) is 37.3 Å². The fourth-order valence-electron chi connectivity index (χ4n) is 3.05. The topological polar surface area (TPSA) is 38.3 Å². The third-order valence-electron chi connectivity index (χ3n) is 4.42. The molecule has 3 heteroatoms. The van der Waals surface area contributed by atoms with E-state index >= 15 is 0 Å². The molecule has 1 amide bonds. The Bertz CT molecular complexity index is 476. The maximum absolute atomic E-state index is 12.4. The molecular formula is C19H29NO2. The Hall–Kier alpha value is -1.51. The molecule has 3 nitrogen and oxygen atoms in total. The molecular weight excluding hydrogens is 274 g/mol. The molecule has 0 spiro atoms. The average Bonchev–Trinajstić information content (AvgIpc) is 2.76. The van der Waals surface area contributed by atoms with Gasteiger partial charge in [0.05, 0.1) is 0 Å². The quantitative estimate of drug-likeness (QED) is 0.818. The summed E-state index contributed by atoms with van der Waals surface area (Å²) >= 11 is 0. The molecule has 1 aromatic carbocycles. The minimum Gasteiger partial charge on any atom is -0.481 e. The summed E-state index contributed by atoms with van der Waals surface area (Å²) in [6.45, 7) is 6.11. The summed E-state index contributed by atoms with van der Waals surface area (Å²) in [5, 5.41) is 3.16. The zero-order valence-electron chi connectivity index (χ0n) is 14.1. The molecule has 1 aliphatic rings. The van der Waals surface area contributed by atoms with E-state index in [4.69, 9.17) is 4.74 Å². The highest BCUT2D eigenvalue weighted by molar-refractivity contribution is 5.81. The number of hydrogen-bond donors (Lipinski definition) is 1. The molecule has 0 heterocycles. The van der Waals surface area contributed by atoms with Crippen molar-refractivity contribution in [2.45, 2.75) is 77.4 Å². The van der Waals surface area contributed by atoms with Gasteiger partial charge in [0, 0.05) is 6.04 Å². The van der Waals surface area contributed by atoms with Crippen LogP contribution in [0.4, 0.5) is 0 Å². The second-order valence-electron chi connectivity index (χ2n) is 6.65. The Morgan fingerprint density at radius 2 is 1.73 bits per heavy atom. The molecule has 0 aromatic heterocycles. The fraction of sp³-hybridized carbons (Fsp3) is 0.632. The van der Waals surface area contributed by atoms with Crippen LogP contribution in [-0.4, -0.2) is 18.1 Å². The molecule has 0 aliphatic heterocycles. The van der Waals surface area contributed by atoms with Crippen molar-refractivity contribution in [3.63, 3.8) is 0 Å². The van der Waals surface area contributed by atoms with Crippen LogP contribution in [0.2, 0.25) is 0 Å². The Morgan fingerprint density at radius 3 is 2.36 bits per heavy atom. The number of amides is 1. The van der Waals surface area contributed by atoms with Gasteiger partial charge in [-0.2, -0.15) is 0 Å². The maximum atomic E-state index is 12.4. The molecule has 1 atom stereocenters. The second kappa shape index (κ2) is 8.21. The third kappa shape index (κ3) is 4.75. The highest BCUT2D eigenvalue weighted by Crippen LogP contribution is 2.26. The lowest BCUT2D eigenvalue weighted by molar-refractivity contribution is -0.128. The predicted octanol–water partition coefficient (Wildman–Crippen LogP) is 4.42. The van der Waals surface area contributed by atoms with E-state index in [-0.39, 0.29) is 5.91 Å². The van der Waals surface area contributed by atoms with Gasteiger partial charge in [0.2, 0.25) is 0 Å². The van der Waals surface area contributed by atoms with Crippen LogP contribution in [0.15, 0.2) is 24.3 Å². The van der Waals surface area contributed by atoms with Gasteiger partial charge in [0.25, 0.3) is 5.91 Å². The Balaban J connectivity index is 1.93. The van der Waals surface area contributed by atoms with E-state index in [1.807, 2.05) is 25.1 Å². The van der Waals surface area contributed by atoms with Crippen molar-refractivity contribution < 1.29 is 9.53 Å². The van der Waals surface area contributed by atoms with Gasteiger partial charge < -0.3 is 10.1 Å². The van der Waals surface area contributed by atoms with Crippen LogP contribution in [0.1, 0.15) is 70.8 Å². The highest BCUT2D eigenvalue weighted by atomic mass is 16.5. The third-order valence-corrected chi connectivity index (χ3v) is 4.42. The summed E-state index contributed by atoms with van der Waals surface area (Å²) in [6.07, 6.45) is 6.76. The van der Waals surface area contributed by atoms with Crippen molar-refractivity contribution in [3.8, 4) is 5.75 Å². The number of rotatable bonds is 5. The average molecular weight is 303 g/mol. The van der Waals surface area contributed by atoms with Gasteiger partial charge in [-0.15, -0.1) is 0 Å². The summed E-state index contributed by atoms with van der Waals surface area (Å²) in [4.78, 5) is 12.4. The molecule has 1 aliphatic carbocycles. The molecule has 1 aromatic rings. The molecule has 122 valence electrons. The Kier molecular flexibility index (Phi) is 6.29. The van der Waals surface area contributed by atoms with Gasteiger partial charge in [-0.3, -0.25) is 4.79 Å². The van der Waals surface area contributed by atoms with Crippen LogP contribution in [0.5, 0.6) is 5.75 Å². The van der Waals surface area contributed by atoms with Crippen LogP contribution in [-0.2, 0) is 4.79 Å². The zero-order valence-corrected chi connectivity index (χ0v) is 14.1. The normalized spacial score (nSPS) is 17.8. The molecule has 0 radical (unpaired) electrons. The molecule has 2 rings (SSSR count). The number of ether oxygens (including phenoxy) is 1. The monoisotopic (exact) mass is 303 g/mol. The predicted molar refractivity (Wildman–Crippen MR) is 90.3 cm³/mol. The summed E-state index contributed by atoms with van der Waals surface area (Å²) in [7, 11) is 0. The number of carbonyl (C=O) groups is 1. The van der Waals surface area contributed by atoms with Crippen LogP contribution in [0.3, 0.4) is 0 Å². The minimum absolute atomic E-state index is 0.00505. The van der Waals surface area contributed by atoms with Crippen molar-refractivity contribution in [2.24, 2.45) is 0 Å². The largest absolute Gasteiger partial charge is 0.481 e. The van der Waals surface area contributed by atoms with Gasteiger partial charge in [-0.1, -0.05) is 57.7 Å². The van der Waals surface area contributed by atoms with Crippen LogP contribution >= 0.6 is 0 Å². The van der Waals surface area contributed by atoms with Crippen molar-refractivity contribution in [1.29, 1.82) is 0 Å². The first-order valence-electron chi connectivity index (χ1n) is 8.64. The van der Waals surface area contributed by atoms with E-state index in [9.17, 15) is 4.79 Å². The molecule has 22 heavy (non-hydrogen) atoms.